The highest BCUT2D eigenvalue weighted by molar-refractivity contribution is 5.91. The maximum absolute atomic E-state index is 14.0. The number of benzene rings is 2. The van der Waals surface area contributed by atoms with Crippen LogP contribution in [0.5, 0.6) is 0 Å². The summed E-state index contributed by atoms with van der Waals surface area (Å²) in [6, 6.07) is 15.7. The Morgan fingerprint density at radius 2 is 1.74 bits per heavy atom. The van der Waals surface area contributed by atoms with Gasteiger partial charge in [0.25, 0.3) is 0 Å². The summed E-state index contributed by atoms with van der Waals surface area (Å²) in [6.07, 6.45) is 6.76. The first-order valence-corrected chi connectivity index (χ1v) is 13.1. The molecule has 0 spiro atoms. The van der Waals surface area contributed by atoms with Gasteiger partial charge in [0.2, 0.25) is 5.91 Å². The van der Waals surface area contributed by atoms with Crippen molar-refractivity contribution >= 4 is 22.8 Å². The van der Waals surface area contributed by atoms with Gasteiger partial charge in [-0.25, -0.2) is 4.79 Å². The molecule has 1 aliphatic carbocycles. The fourth-order valence-corrected chi connectivity index (χ4v) is 6.07. The third-order valence-electron chi connectivity index (χ3n) is 8.00. The molecule has 0 radical (unpaired) electrons. The molecule has 5 rings (SSSR count). The molecule has 35 heavy (non-hydrogen) atoms. The minimum absolute atomic E-state index is 0.0505. The zero-order valence-electron chi connectivity index (χ0n) is 21.0. The first-order valence-electron chi connectivity index (χ1n) is 13.1. The molecule has 2 aliphatic rings. The highest BCUT2D eigenvalue weighted by Gasteiger charge is 2.44. The highest BCUT2D eigenvalue weighted by Crippen LogP contribution is 2.42. The Labute approximate surface area is 207 Å². The first kappa shape index (κ1) is 23.7. The number of carbonyl (C=O) groups excluding carboxylic acids is 2. The lowest BCUT2D eigenvalue weighted by Crippen LogP contribution is -2.52. The number of rotatable bonds is 5. The fraction of sp³-hybridized carbons (Fsp3) is 0.467. The number of aromatic nitrogens is 1. The summed E-state index contributed by atoms with van der Waals surface area (Å²) >= 11 is 0. The summed E-state index contributed by atoms with van der Waals surface area (Å²) in [5, 5.41) is 1.11. The number of ether oxygens (including phenoxy) is 1. The van der Waals surface area contributed by atoms with Gasteiger partial charge in [0.1, 0.15) is 6.04 Å². The van der Waals surface area contributed by atoms with E-state index in [1.807, 2.05) is 17.0 Å². The van der Waals surface area contributed by atoms with Crippen LogP contribution in [0.25, 0.3) is 10.9 Å². The molecule has 184 valence electrons. The Balaban J connectivity index is 1.63. The molecule has 1 aromatic heterocycles. The average Bonchev–Trinajstić information content (AvgIpc) is 3.26. The maximum atomic E-state index is 14.0. The lowest BCUT2D eigenvalue weighted by atomic mass is 9.84. The summed E-state index contributed by atoms with van der Waals surface area (Å²) in [5.74, 6) is 0.518. The van der Waals surface area contributed by atoms with E-state index in [9.17, 15) is 9.59 Å². The van der Waals surface area contributed by atoms with Gasteiger partial charge < -0.3 is 14.6 Å². The molecule has 1 unspecified atom stereocenters. The minimum Gasteiger partial charge on any atom is -0.467 e. The van der Waals surface area contributed by atoms with E-state index in [1.54, 1.807) is 0 Å². The standard InChI is InChI=1S/C30H36N2O3/c1-19(2)21-13-15-22(16-14-21)29-28-24(23-11-7-8-12-25(23)31-28)18-26(30(34)35-3)32(29)27(33)17-20-9-5-4-6-10-20/h7-8,11-16,19-20,26,29,31H,4-6,9-10,17-18H2,1-3H3/t26-,29?/m0/s1. The van der Waals surface area contributed by atoms with E-state index in [0.29, 0.717) is 24.7 Å². The molecule has 1 fully saturated rings. The van der Waals surface area contributed by atoms with Crippen LogP contribution >= 0.6 is 0 Å². The van der Waals surface area contributed by atoms with Crippen LogP contribution in [0.3, 0.4) is 0 Å². The van der Waals surface area contributed by atoms with Gasteiger partial charge in [-0.2, -0.15) is 0 Å². The van der Waals surface area contributed by atoms with E-state index in [0.717, 1.165) is 40.6 Å². The Morgan fingerprint density at radius 3 is 2.43 bits per heavy atom. The van der Waals surface area contributed by atoms with E-state index in [-0.39, 0.29) is 17.9 Å². The van der Waals surface area contributed by atoms with Crippen molar-refractivity contribution < 1.29 is 14.3 Å². The molecule has 3 aromatic rings. The Hall–Kier alpha value is -3.08. The Kier molecular flexibility index (Phi) is 6.68. The number of methoxy groups -OCH3 is 1. The van der Waals surface area contributed by atoms with Gasteiger partial charge in [0.05, 0.1) is 13.2 Å². The highest BCUT2D eigenvalue weighted by atomic mass is 16.5. The van der Waals surface area contributed by atoms with Crippen LogP contribution in [-0.2, 0) is 20.7 Å². The van der Waals surface area contributed by atoms with Crippen LogP contribution in [0, 0.1) is 5.92 Å². The van der Waals surface area contributed by atoms with Crippen LogP contribution in [0.2, 0.25) is 0 Å². The number of esters is 1. The van der Waals surface area contributed by atoms with Gasteiger partial charge >= 0.3 is 5.97 Å². The van der Waals surface area contributed by atoms with E-state index in [2.05, 4.69) is 55.2 Å². The van der Waals surface area contributed by atoms with Crippen molar-refractivity contribution in [2.24, 2.45) is 5.92 Å². The number of nitrogens with one attached hydrogen (secondary N) is 1. The third kappa shape index (κ3) is 4.49. The van der Waals surface area contributed by atoms with Crippen molar-refractivity contribution in [1.82, 2.24) is 9.88 Å². The number of fused-ring (bicyclic) bond motifs is 3. The number of para-hydroxylation sites is 1. The third-order valence-corrected chi connectivity index (χ3v) is 8.00. The van der Waals surface area contributed by atoms with Crippen molar-refractivity contribution in [2.45, 2.75) is 76.8 Å². The lowest BCUT2D eigenvalue weighted by Gasteiger charge is -2.41. The van der Waals surface area contributed by atoms with Crippen molar-refractivity contribution in [3.63, 3.8) is 0 Å². The molecule has 2 heterocycles. The van der Waals surface area contributed by atoms with Crippen molar-refractivity contribution in [3.8, 4) is 0 Å². The second-order valence-corrected chi connectivity index (χ2v) is 10.5. The normalized spacial score (nSPS) is 20.7. The summed E-state index contributed by atoms with van der Waals surface area (Å²) in [4.78, 5) is 32.6. The van der Waals surface area contributed by atoms with Gasteiger partial charge in [-0.05, 0) is 47.4 Å². The number of hydrogen-bond acceptors (Lipinski definition) is 3. The van der Waals surface area contributed by atoms with E-state index >= 15 is 0 Å². The van der Waals surface area contributed by atoms with Crippen LogP contribution in [0.1, 0.15) is 86.7 Å². The van der Waals surface area contributed by atoms with Crippen LogP contribution in [0.15, 0.2) is 48.5 Å². The molecule has 5 nitrogen and oxygen atoms in total. The number of nitrogens with zero attached hydrogens (tertiary/aromatic N) is 1. The monoisotopic (exact) mass is 472 g/mol. The topological polar surface area (TPSA) is 62.4 Å². The lowest BCUT2D eigenvalue weighted by molar-refractivity contribution is -0.155. The van der Waals surface area contributed by atoms with E-state index in [1.165, 1.54) is 31.9 Å². The Bertz CT molecular complexity index is 1200. The van der Waals surface area contributed by atoms with E-state index in [4.69, 9.17) is 4.74 Å². The molecule has 0 saturated heterocycles. The van der Waals surface area contributed by atoms with Gasteiger partial charge in [-0.3, -0.25) is 4.79 Å². The van der Waals surface area contributed by atoms with Gasteiger partial charge in [0.15, 0.2) is 0 Å². The molecular weight excluding hydrogens is 436 g/mol. The van der Waals surface area contributed by atoms with Crippen molar-refractivity contribution in [3.05, 3.63) is 70.9 Å². The molecule has 1 amide bonds. The Morgan fingerprint density at radius 1 is 1.03 bits per heavy atom. The molecule has 5 heteroatoms. The number of hydrogen-bond donors (Lipinski definition) is 1. The van der Waals surface area contributed by atoms with Gasteiger partial charge in [-0.1, -0.05) is 75.6 Å². The minimum atomic E-state index is -0.641. The molecular formula is C30H36N2O3. The van der Waals surface area contributed by atoms with Crippen LogP contribution < -0.4 is 0 Å². The van der Waals surface area contributed by atoms with Crippen LogP contribution in [0.4, 0.5) is 0 Å². The quantitative estimate of drug-likeness (QED) is 0.445. The number of aromatic amines is 1. The zero-order valence-corrected chi connectivity index (χ0v) is 21.0. The van der Waals surface area contributed by atoms with Gasteiger partial charge in [-0.15, -0.1) is 0 Å². The smallest absolute Gasteiger partial charge is 0.328 e. The largest absolute Gasteiger partial charge is 0.467 e. The second-order valence-electron chi connectivity index (χ2n) is 10.5. The molecule has 1 saturated carbocycles. The molecule has 0 bridgehead atoms. The van der Waals surface area contributed by atoms with Crippen molar-refractivity contribution in [1.29, 1.82) is 0 Å². The SMILES string of the molecule is COC(=O)[C@@H]1Cc2c([nH]c3ccccc23)C(c2ccc(C(C)C)cc2)N1C(=O)CC1CCCCC1. The van der Waals surface area contributed by atoms with Gasteiger partial charge in [0, 0.05) is 29.4 Å². The zero-order chi connectivity index (χ0) is 24.5. The van der Waals surface area contributed by atoms with Crippen LogP contribution in [-0.4, -0.2) is 34.9 Å². The summed E-state index contributed by atoms with van der Waals surface area (Å²) in [6.45, 7) is 4.36. The number of carbonyl (C=O) groups is 2. The molecule has 1 N–H and O–H groups in total. The molecule has 2 atom stereocenters. The summed E-state index contributed by atoms with van der Waals surface area (Å²) < 4.78 is 5.26. The second kappa shape index (κ2) is 9.88. The maximum Gasteiger partial charge on any atom is 0.328 e. The predicted molar refractivity (Wildman–Crippen MR) is 138 cm³/mol. The summed E-state index contributed by atoms with van der Waals surface area (Å²) in [5.41, 5.74) is 5.43. The predicted octanol–water partition coefficient (Wildman–Crippen LogP) is 6.28. The molecule has 1 aliphatic heterocycles. The average molecular weight is 473 g/mol. The van der Waals surface area contributed by atoms with Crippen molar-refractivity contribution in [2.75, 3.05) is 7.11 Å². The molecule has 2 aromatic carbocycles. The fourth-order valence-electron chi connectivity index (χ4n) is 6.07. The first-order chi connectivity index (χ1) is 17.0. The summed E-state index contributed by atoms with van der Waals surface area (Å²) in [7, 11) is 1.42. The number of H-pyrrole nitrogens is 1. The number of amides is 1. The van der Waals surface area contributed by atoms with E-state index < -0.39 is 6.04 Å².